The molecular weight excluding hydrogens is 410 g/mol. The van der Waals surface area contributed by atoms with Gasteiger partial charge in [-0.3, -0.25) is 15.1 Å². The van der Waals surface area contributed by atoms with Crippen LogP contribution in [-0.2, 0) is 12.8 Å². The summed E-state index contributed by atoms with van der Waals surface area (Å²) in [5.74, 6) is 1.16. The summed E-state index contributed by atoms with van der Waals surface area (Å²) in [7, 11) is 3.21. The molecule has 156 valence electrons. The highest BCUT2D eigenvalue weighted by Crippen LogP contribution is 2.34. The minimum absolute atomic E-state index is 0.134. The maximum Gasteiger partial charge on any atom is 0.258 e. The van der Waals surface area contributed by atoms with Crippen molar-refractivity contribution < 1.29 is 14.3 Å². The van der Waals surface area contributed by atoms with E-state index in [0.717, 1.165) is 58.2 Å². The fraction of sp³-hybridized carbons (Fsp3) is 0.208. The summed E-state index contributed by atoms with van der Waals surface area (Å²) in [6.45, 7) is 0. The van der Waals surface area contributed by atoms with Crippen molar-refractivity contribution in [3.8, 4) is 22.8 Å². The molecule has 1 aliphatic rings. The molecule has 0 unspecified atom stereocenters. The molecule has 0 spiro atoms. The summed E-state index contributed by atoms with van der Waals surface area (Å²) in [4.78, 5) is 22.7. The van der Waals surface area contributed by atoms with Crippen molar-refractivity contribution in [3.05, 3.63) is 64.7 Å². The van der Waals surface area contributed by atoms with Crippen LogP contribution in [0.3, 0.4) is 0 Å². The minimum Gasteiger partial charge on any atom is -0.493 e. The first-order valence-electron chi connectivity index (χ1n) is 10.1. The second-order valence-corrected chi connectivity index (χ2v) is 8.20. The van der Waals surface area contributed by atoms with Crippen molar-refractivity contribution >= 4 is 33.3 Å². The van der Waals surface area contributed by atoms with Gasteiger partial charge in [-0.25, -0.2) is 4.98 Å². The third-order valence-electron chi connectivity index (χ3n) is 5.55. The largest absolute Gasteiger partial charge is 0.493 e. The molecule has 2 aromatic carbocycles. The molecule has 1 N–H and O–H groups in total. The smallest absolute Gasteiger partial charge is 0.258 e. The number of nitrogens with zero attached hydrogens (tertiary/aromatic N) is 2. The van der Waals surface area contributed by atoms with E-state index in [9.17, 15) is 4.79 Å². The number of rotatable bonds is 5. The second kappa shape index (κ2) is 8.00. The molecule has 31 heavy (non-hydrogen) atoms. The highest BCUT2D eigenvalue weighted by molar-refractivity contribution is 7.14. The topological polar surface area (TPSA) is 73.3 Å². The first-order chi connectivity index (χ1) is 15.2. The van der Waals surface area contributed by atoms with E-state index in [2.05, 4.69) is 10.3 Å². The number of methoxy groups -OCH3 is 2. The number of ether oxygens (including phenoxy) is 2. The van der Waals surface area contributed by atoms with Gasteiger partial charge in [-0.15, -0.1) is 11.3 Å². The van der Waals surface area contributed by atoms with E-state index >= 15 is 0 Å². The van der Waals surface area contributed by atoms with Gasteiger partial charge in [0.1, 0.15) is 0 Å². The number of aryl methyl sites for hydroxylation is 1. The molecule has 7 heteroatoms. The molecule has 1 amide bonds. The van der Waals surface area contributed by atoms with Crippen molar-refractivity contribution in [3.63, 3.8) is 0 Å². The van der Waals surface area contributed by atoms with Crippen molar-refractivity contribution in [2.24, 2.45) is 0 Å². The predicted octanol–water partition coefficient (Wildman–Crippen LogP) is 5.12. The van der Waals surface area contributed by atoms with Gasteiger partial charge < -0.3 is 9.47 Å². The van der Waals surface area contributed by atoms with E-state index in [4.69, 9.17) is 14.5 Å². The van der Waals surface area contributed by atoms with Crippen LogP contribution in [0.5, 0.6) is 11.5 Å². The Morgan fingerprint density at radius 3 is 2.71 bits per heavy atom. The Kier molecular flexibility index (Phi) is 5.03. The molecule has 0 radical (unpaired) electrons. The number of carbonyl (C=O) groups is 1. The van der Waals surface area contributed by atoms with Crippen molar-refractivity contribution in [1.82, 2.24) is 9.97 Å². The van der Waals surface area contributed by atoms with Crippen molar-refractivity contribution in [1.29, 1.82) is 0 Å². The molecule has 0 aliphatic heterocycles. The average molecular weight is 432 g/mol. The number of aromatic nitrogens is 2. The Morgan fingerprint density at radius 1 is 1.03 bits per heavy atom. The highest BCUT2D eigenvalue weighted by Gasteiger charge is 2.24. The fourth-order valence-corrected chi connectivity index (χ4v) is 4.80. The number of anilines is 1. The molecule has 2 heterocycles. The lowest BCUT2D eigenvalue weighted by atomic mass is 10.0. The van der Waals surface area contributed by atoms with Crippen LogP contribution in [0.15, 0.2) is 47.8 Å². The maximum absolute atomic E-state index is 13.3. The number of carbonyl (C=O) groups excluding carboxylic acids is 1. The molecule has 0 saturated carbocycles. The molecule has 2 aromatic heterocycles. The van der Waals surface area contributed by atoms with Gasteiger partial charge in [0.2, 0.25) is 0 Å². The first kappa shape index (κ1) is 19.5. The maximum atomic E-state index is 13.3. The zero-order chi connectivity index (χ0) is 21.4. The number of para-hydroxylation sites is 1. The van der Waals surface area contributed by atoms with Gasteiger partial charge in [-0.1, -0.05) is 18.2 Å². The molecule has 1 aliphatic carbocycles. The SMILES string of the molecule is COc1ccc(-c2csc(NC(=O)c3c4c(nc5ccccc35)CCC4)n2)cc1OC. The van der Waals surface area contributed by atoms with Crippen LogP contribution >= 0.6 is 11.3 Å². The van der Waals surface area contributed by atoms with Gasteiger partial charge in [0.15, 0.2) is 16.6 Å². The van der Waals surface area contributed by atoms with E-state index in [1.165, 1.54) is 11.3 Å². The standard InChI is InChI=1S/C24H21N3O3S/c1-29-20-11-10-14(12-21(20)30-2)19-13-31-24(26-19)27-23(28)22-15-6-3-4-8-17(15)25-18-9-5-7-16(18)22/h3-4,6,8,10-13H,5,7,9H2,1-2H3,(H,26,27,28). The molecule has 5 rings (SSSR count). The number of pyridine rings is 1. The Balaban J connectivity index is 1.46. The molecular formula is C24H21N3O3S. The molecule has 4 aromatic rings. The third-order valence-corrected chi connectivity index (χ3v) is 6.31. The number of hydrogen-bond acceptors (Lipinski definition) is 6. The fourth-order valence-electron chi connectivity index (χ4n) is 4.09. The van der Waals surface area contributed by atoms with E-state index < -0.39 is 0 Å². The summed E-state index contributed by atoms with van der Waals surface area (Å²) in [6.07, 6.45) is 2.82. The van der Waals surface area contributed by atoms with Crippen LogP contribution in [0.1, 0.15) is 28.0 Å². The van der Waals surface area contributed by atoms with E-state index in [-0.39, 0.29) is 5.91 Å². The lowest BCUT2D eigenvalue weighted by Crippen LogP contribution is -2.15. The van der Waals surface area contributed by atoms with E-state index in [0.29, 0.717) is 16.6 Å². The van der Waals surface area contributed by atoms with Gasteiger partial charge >= 0.3 is 0 Å². The second-order valence-electron chi connectivity index (χ2n) is 7.34. The molecule has 0 saturated heterocycles. The lowest BCUT2D eigenvalue weighted by molar-refractivity contribution is 0.102. The summed E-state index contributed by atoms with van der Waals surface area (Å²) >= 11 is 1.40. The highest BCUT2D eigenvalue weighted by atomic mass is 32.1. The number of benzene rings is 2. The number of nitrogens with one attached hydrogen (secondary N) is 1. The lowest BCUT2D eigenvalue weighted by Gasteiger charge is -2.11. The molecule has 6 nitrogen and oxygen atoms in total. The zero-order valence-electron chi connectivity index (χ0n) is 17.3. The molecule has 0 fully saturated rings. The van der Waals surface area contributed by atoms with E-state index in [1.54, 1.807) is 14.2 Å². The van der Waals surface area contributed by atoms with Gasteiger partial charge in [0, 0.05) is 22.0 Å². The van der Waals surface area contributed by atoms with Crippen molar-refractivity contribution in [2.45, 2.75) is 19.3 Å². The van der Waals surface area contributed by atoms with Crippen LogP contribution in [0.2, 0.25) is 0 Å². The van der Waals surface area contributed by atoms with Gasteiger partial charge in [0.25, 0.3) is 5.91 Å². The summed E-state index contributed by atoms with van der Waals surface area (Å²) in [6, 6.07) is 13.5. The number of thiazole rings is 1. The van der Waals surface area contributed by atoms with Crippen LogP contribution in [-0.4, -0.2) is 30.1 Å². The summed E-state index contributed by atoms with van der Waals surface area (Å²) < 4.78 is 10.7. The molecule has 0 atom stereocenters. The average Bonchev–Trinajstić information content (AvgIpc) is 3.46. The zero-order valence-corrected chi connectivity index (χ0v) is 18.1. The van der Waals surface area contributed by atoms with Crippen LogP contribution in [0.25, 0.3) is 22.2 Å². The Labute approximate surface area is 183 Å². The Bertz CT molecular complexity index is 1300. The first-order valence-corrected chi connectivity index (χ1v) is 11.0. The summed E-state index contributed by atoms with van der Waals surface area (Å²) in [5.41, 5.74) is 5.34. The van der Waals surface area contributed by atoms with Crippen LogP contribution < -0.4 is 14.8 Å². The number of amides is 1. The monoisotopic (exact) mass is 431 g/mol. The predicted molar refractivity (Wildman–Crippen MR) is 122 cm³/mol. The number of hydrogen-bond donors (Lipinski definition) is 1. The van der Waals surface area contributed by atoms with Crippen molar-refractivity contribution in [2.75, 3.05) is 19.5 Å². The Morgan fingerprint density at radius 2 is 1.87 bits per heavy atom. The number of fused-ring (bicyclic) bond motifs is 2. The minimum atomic E-state index is -0.134. The summed E-state index contributed by atoms with van der Waals surface area (Å²) in [5, 5.41) is 6.37. The van der Waals surface area contributed by atoms with E-state index in [1.807, 2.05) is 47.8 Å². The van der Waals surface area contributed by atoms with Gasteiger partial charge in [0.05, 0.1) is 31.0 Å². The normalized spacial score (nSPS) is 12.6. The Hall–Kier alpha value is -3.45. The van der Waals surface area contributed by atoms with Gasteiger partial charge in [-0.2, -0.15) is 0 Å². The third kappa shape index (κ3) is 3.51. The van der Waals surface area contributed by atoms with Gasteiger partial charge in [-0.05, 0) is 49.1 Å². The quantitative estimate of drug-likeness (QED) is 0.475. The molecule has 0 bridgehead atoms. The van der Waals surface area contributed by atoms with Crippen LogP contribution in [0, 0.1) is 0 Å². The van der Waals surface area contributed by atoms with Crippen LogP contribution in [0.4, 0.5) is 5.13 Å².